The molecule has 3 heteroatoms. The van der Waals surface area contributed by atoms with Crippen molar-refractivity contribution in [3.05, 3.63) is 71.8 Å². The van der Waals surface area contributed by atoms with Gasteiger partial charge in [0, 0.05) is 11.2 Å². The highest BCUT2D eigenvalue weighted by atomic mass is 31.2. The van der Waals surface area contributed by atoms with E-state index in [4.69, 9.17) is 0 Å². The third kappa shape index (κ3) is 3.64. The molecule has 21 heavy (non-hydrogen) atoms. The number of aliphatic hydroxyl groups excluding tert-OH is 1. The smallest absolute Gasteiger partial charge is 0.188 e. The van der Waals surface area contributed by atoms with Crippen molar-refractivity contribution in [2.45, 2.75) is 25.4 Å². The van der Waals surface area contributed by atoms with Crippen LogP contribution < -0.4 is 0 Å². The highest BCUT2D eigenvalue weighted by Gasteiger charge is 2.34. The molecule has 2 aromatic carbocycles. The molecular weight excluding hydrogens is 279 g/mol. The van der Waals surface area contributed by atoms with Crippen LogP contribution in [0.5, 0.6) is 0 Å². The molecule has 0 aliphatic rings. The van der Waals surface area contributed by atoms with Gasteiger partial charge in [-0.2, -0.15) is 0 Å². The maximum atomic E-state index is 13.2. The number of benzene rings is 2. The molecule has 108 valence electrons. The first-order valence-electron chi connectivity index (χ1n) is 6.95. The van der Waals surface area contributed by atoms with Gasteiger partial charge in [0.05, 0.1) is 0 Å². The number of hydrogen-bond donors (Lipinski definition) is 1. The van der Waals surface area contributed by atoms with Gasteiger partial charge >= 0.3 is 0 Å². The van der Waals surface area contributed by atoms with Gasteiger partial charge in [-0.05, 0) is 23.4 Å². The van der Waals surface area contributed by atoms with Crippen LogP contribution in [0.25, 0.3) is 0 Å². The van der Waals surface area contributed by atoms with E-state index in [0.29, 0.717) is 5.56 Å². The fraction of sp³-hybridized carbons (Fsp3) is 0.222. The fourth-order valence-corrected chi connectivity index (χ4v) is 3.86. The molecule has 0 saturated carbocycles. The molecule has 0 heterocycles. The van der Waals surface area contributed by atoms with Gasteiger partial charge in [-0.1, -0.05) is 68.3 Å². The quantitative estimate of drug-likeness (QED) is 0.671. The van der Waals surface area contributed by atoms with Gasteiger partial charge in [0.15, 0.2) is 7.14 Å². The average molecular weight is 298 g/mol. The highest BCUT2D eigenvalue weighted by Crippen LogP contribution is 2.60. The summed E-state index contributed by atoms with van der Waals surface area (Å²) in [7, 11) is -3.08. The summed E-state index contributed by atoms with van der Waals surface area (Å²) in [4.78, 5) is 0. The van der Waals surface area contributed by atoms with Gasteiger partial charge in [-0.15, -0.1) is 0 Å². The van der Waals surface area contributed by atoms with E-state index in [1.54, 1.807) is 12.1 Å². The molecule has 2 rings (SSSR count). The predicted molar refractivity (Wildman–Crippen MR) is 87.5 cm³/mol. The third-order valence-electron chi connectivity index (χ3n) is 3.38. The number of rotatable bonds is 3. The van der Waals surface area contributed by atoms with Gasteiger partial charge < -0.3 is 9.67 Å². The molecule has 1 N–H and O–H groups in total. The van der Waals surface area contributed by atoms with E-state index in [1.807, 2.05) is 62.4 Å². The van der Waals surface area contributed by atoms with Crippen molar-refractivity contribution in [3.63, 3.8) is 0 Å². The van der Waals surface area contributed by atoms with Crippen LogP contribution in [0.4, 0.5) is 0 Å². The summed E-state index contributed by atoms with van der Waals surface area (Å²) < 4.78 is 13.2. The van der Waals surface area contributed by atoms with Crippen molar-refractivity contribution in [3.8, 4) is 11.6 Å². The molecule has 2 nitrogen and oxygen atoms in total. The van der Waals surface area contributed by atoms with Crippen LogP contribution >= 0.6 is 7.14 Å². The Labute approximate surface area is 126 Å². The Kier molecular flexibility index (Phi) is 5.02. The predicted octanol–water partition coefficient (Wildman–Crippen LogP) is 4.46. The van der Waals surface area contributed by atoms with Crippen LogP contribution in [0.15, 0.2) is 60.7 Å². The van der Waals surface area contributed by atoms with E-state index in [2.05, 4.69) is 11.6 Å². The first-order valence-corrected chi connectivity index (χ1v) is 8.79. The lowest BCUT2D eigenvalue weighted by molar-refractivity contribution is 0.254. The minimum absolute atomic E-state index is 0.205. The molecule has 2 aromatic rings. The number of hydrogen-bond acceptors (Lipinski definition) is 2. The van der Waals surface area contributed by atoms with Crippen LogP contribution in [-0.4, -0.2) is 10.8 Å². The zero-order valence-corrected chi connectivity index (χ0v) is 13.1. The molecule has 2 unspecified atom stereocenters. The second kappa shape index (κ2) is 6.76. The van der Waals surface area contributed by atoms with Crippen LogP contribution in [0, 0.1) is 11.6 Å². The molecule has 0 fully saturated rings. The summed E-state index contributed by atoms with van der Waals surface area (Å²) in [6, 6.07) is 18.5. The second-order valence-corrected chi connectivity index (χ2v) is 8.35. The topological polar surface area (TPSA) is 37.3 Å². The Bertz CT molecular complexity index is 681. The SMILES string of the molecule is CC(C)P(=O)(C#Cc1ccccc1)C(O)c1ccccc1. The van der Waals surface area contributed by atoms with Gasteiger partial charge in [-0.3, -0.25) is 0 Å². The van der Waals surface area contributed by atoms with Crippen molar-refractivity contribution in [1.82, 2.24) is 0 Å². The molecule has 0 aliphatic heterocycles. The lowest BCUT2D eigenvalue weighted by Crippen LogP contribution is -2.06. The largest absolute Gasteiger partial charge is 0.380 e. The summed E-state index contributed by atoms with van der Waals surface area (Å²) in [5.74, 6) is 1.90. The zero-order valence-electron chi connectivity index (χ0n) is 12.2. The summed E-state index contributed by atoms with van der Waals surface area (Å²) in [6.07, 6.45) is 0. The summed E-state index contributed by atoms with van der Waals surface area (Å²) >= 11 is 0. The van der Waals surface area contributed by atoms with Crippen molar-refractivity contribution < 1.29 is 9.67 Å². The van der Waals surface area contributed by atoms with E-state index in [0.717, 1.165) is 5.56 Å². The van der Waals surface area contributed by atoms with Crippen LogP contribution in [-0.2, 0) is 4.57 Å². The van der Waals surface area contributed by atoms with E-state index in [9.17, 15) is 9.67 Å². The van der Waals surface area contributed by atoms with Gasteiger partial charge in [0.1, 0.15) is 5.85 Å². The Morgan fingerprint density at radius 3 is 2.00 bits per heavy atom. The van der Waals surface area contributed by atoms with E-state index in [-0.39, 0.29) is 5.66 Å². The molecular formula is C18H19O2P. The average Bonchev–Trinajstić information content (AvgIpc) is 2.53. The van der Waals surface area contributed by atoms with Gasteiger partial charge in [0.25, 0.3) is 0 Å². The molecule has 0 bridgehead atoms. The van der Waals surface area contributed by atoms with Crippen molar-refractivity contribution in [2.75, 3.05) is 0 Å². The first kappa shape index (κ1) is 15.6. The van der Waals surface area contributed by atoms with Crippen molar-refractivity contribution in [2.24, 2.45) is 0 Å². The maximum Gasteiger partial charge on any atom is 0.188 e. The Hall–Kier alpha value is -1.81. The molecule has 0 radical (unpaired) electrons. The lowest BCUT2D eigenvalue weighted by atomic mass is 10.2. The van der Waals surface area contributed by atoms with E-state index >= 15 is 0 Å². The molecule has 0 amide bonds. The highest BCUT2D eigenvalue weighted by molar-refractivity contribution is 7.69. The number of aliphatic hydroxyl groups is 1. The van der Waals surface area contributed by atoms with E-state index in [1.165, 1.54) is 0 Å². The summed E-state index contributed by atoms with van der Waals surface area (Å²) in [5, 5.41) is 10.5. The van der Waals surface area contributed by atoms with Crippen LogP contribution in [0.1, 0.15) is 30.8 Å². The standard InChI is InChI=1S/C18H19O2P/c1-15(2)21(20,14-13-16-9-5-3-6-10-16)18(19)17-11-7-4-8-12-17/h3-12,15,18-19H,1-2H3. The normalized spacial score (nSPS) is 14.9. The monoisotopic (exact) mass is 298 g/mol. The molecule has 0 saturated heterocycles. The summed E-state index contributed by atoms with van der Waals surface area (Å²) in [6.45, 7) is 3.68. The second-order valence-electron chi connectivity index (χ2n) is 5.19. The minimum atomic E-state index is -3.08. The third-order valence-corrected chi connectivity index (χ3v) is 6.40. The molecule has 0 aliphatic carbocycles. The summed E-state index contributed by atoms with van der Waals surface area (Å²) in [5.41, 5.74) is 4.12. The maximum absolute atomic E-state index is 13.2. The molecule has 2 atom stereocenters. The minimum Gasteiger partial charge on any atom is -0.380 e. The van der Waals surface area contributed by atoms with Crippen molar-refractivity contribution >= 4 is 7.14 Å². The van der Waals surface area contributed by atoms with E-state index < -0.39 is 13.0 Å². The van der Waals surface area contributed by atoms with Gasteiger partial charge in [-0.25, -0.2) is 0 Å². The molecule has 0 aromatic heterocycles. The van der Waals surface area contributed by atoms with Crippen LogP contribution in [0.2, 0.25) is 0 Å². The van der Waals surface area contributed by atoms with Crippen molar-refractivity contribution in [1.29, 1.82) is 0 Å². The van der Waals surface area contributed by atoms with Gasteiger partial charge in [0.2, 0.25) is 0 Å². The molecule has 0 spiro atoms. The first-order chi connectivity index (χ1) is 10.0. The lowest BCUT2D eigenvalue weighted by Gasteiger charge is -2.22. The fourth-order valence-electron chi connectivity index (χ4n) is 1.99. The zero-order chi connectivity index (χ0) is 15.3. The Morgan fingerprint density at radius 1 is 0.952 bits per heavy atom. The Balaban J connectivity index is 2.38. The Morgan fingerprint density at radius 2 is 1.48 bits per heavy atom. The van der Waals surface area contributed by atoms with Crippen LogP contribution in [0.3, 0.4) is 0 Å².